The van der Waals surface area contributed by atoms with Crippen LogP contribution in [0.2, 0.25) is 0 Å². The van der Waals surface area contributed by atoms with E-state index < -0.39 is 24.0 Å². The molecule has 148 valence electrons. The second-order valence-electron chi connectivity index (χ2n) is 6.45. The van der Waals surface area contributed by atoms with Crippen molar-refractivity contribution in [1.29, 1.82) is 0 Å². The van der Waals surface area contributed by atoms with Gasteiger partial charge in [-0.25, -0.2) is 0 Å². The van der Waals surface area contributed by atoms with Gasteiger partial charge in [-0.2, -0.15) is 13.2 Å². The highest BCUT2D eigenvalue weighted by molar-refractivity contribution is 5.92. The average Bonchev–Trinajstić information content (AvgIpc) is 2.64. The SMILES string of the molecule is C=CCOc1ccc(/C=C/C(=O)NC2CCCC(C(F)(F)F)C2)cc1OC. The third-order valence-electron chi connectivity index (χ3n) is 4.46. The number of carbonyl (C=O) groups is 1. The third-order valence-corrected chi connectivity index (χ3v) is 4.46. The molecule has 27 heavy (non-hydrogen) atoms. The first-order valence-corrected chi connectivity index (χ1v) is 8.80. The summed E-state index contributed by atoms with van der Waals surface area (Å²) in [6.07, 6.45) is 1.41. The highest BCUT2D eigenvalue weighted by Gasteiger charge is 2.42. The summed E-state index contributed by atoms with van der Waals surface area (Å²) in [7, 11) is 1.51. The highest BCUT2D eigenvalue weighted by atomic mass is 19.4. The van der Waals surface area contributed by atoms with Crippen LogP contribution < -0.4 is 14.8 Å². The minimum Gasteiger partial charge on any atom is -0.493 e. The van der Waals surface area contributed by atoms with Gasteiger partial charge in [-0.3, -0.25) is 4.79 Å². The Hall–Kier alpha value is -2.44. The predicted octanol–water partition coefficient (Wildman–Crippen LogP) is 4.51. The van der Waals surface area contributed by atoms with Crippen LogP contribution in [0.4, 0.5) is 13.2 Å². The topological polar surface area (TPSA) is 47.6 Å². The van der Waals surface area contributed by atoms with Crippen molar-refractivity contribution in [2.24, 2.45) is 5.92 Å². The summed E-state index contributed by atoms with van der Waals surface area (Å²) in [6, 6.07) is 4.73. The molecule has 1 aromatic rings. The molecule has 1 aromatic carbocycles. The van der Waals surface area contributed by atoms with Gasteiger partial charge >= 0.3 is 6.18 Å². The van der Waals surface area contributed by atoms with E-state index in [9.17, 15) is 18.0 Å². The van der Waals surface area contributed by atoms with Crippen molar-refractivity contribution in [3.63, 3.8) is 0 Å². The number of methoxy groups -OCH3 is 1. The normalized spacial score (nSPS) is 20.3. The fourth-order valence-corrected chi connectivity index (χ4v) is 3.10. The van der Waals surface area contributed by atoms with Crippen molar-refractivity contribution >= 4 is 12.0 Å². The van der Waals surface area contributed by atoms with Crippen LogP contribution >= 0.6 is 0 Å². The van der Waals surface area contributed by atoms with Crippen LogP contribution in [0.1, 0.15) is 31.2 Å². The number of carbonyl (C=O) groups excluding carboxylic acids is 1. The molecular weight excluding hydrogens is 359 g/mol. The van der Waals surface area contributed by atoms with Gasteiger partial charge in [-0.1, -0.05) is 25.1 Å². The van der Waals surface area contributed by atoms with Crippen LogP contribution in [0.3, 0.4) is 0 Å². The van der Waals surface area contributed by atoms with E-state index in [1.54, 1.807) is 30.4 Å². The number of halogens is 3. The van der Waals surface area contributed by atoms with Crippen LogP contribution in [-0.2, 0) is 4.79 Å². The summed E-state index contributed by atoms with van der Waals surface area (Å²) in [6.45, 7) is 3.92. The zero-order valence-electron chi connectivity index (χ0n) is 15.2. The van der Waals surface area contributed by atoms with E-state index in [4.69, 9.17) is 9.47 Å². The molecule has 1 amide bonds. The van der Waals surface area contributed by atoms with E-state index in [0.29, 0.717) is 36.5 Å². The molecule has 1 fully saturated rings. The lowest BCUT2D eigenvalue weighted by Crippen LogP contribution is -2.41. The number of amides is 1. The number of ether oxygens (including phenoxy) is 2. The number of hydrogen-bond donors (Lipinski definition) is 1. The second kappa shape index (κ2) is 9.48. The van der Waals surface area contributed by atoms with Gasteiger partial charge in [-0.15, -0.1) is 0 Å². The van der Waals surface area contributed by atoms with Crippen LogP contribution in [0.5, 0.6) is 11.5 Å². The molecule has 0 aliphatic heterocycles. The summed E-state index contributed by atoms with van der Waals surface area (Å²) < 4.78 is 49.3. The number of alkyl halides is 3. The molecule has 0 spiro atoms. The summed E-state index contributed by atoms with van der Waals surface area (Å²) in [4.78, 5) is 12.1. The Bertz CT molecular complexity index is 686. The van der Waals surface area contributed by atoms with Crippen LogP contribution in [0.15, 0.2) is 36.9 Å². The van der Waals surface area contributed by atoms with Crippen molar-refractivity contribution < 1.29 is 27.4 Å². The third kappa shape index (κ3) is 6.34. The first-order valence-electron chi connectivity index (χ1n) is 8.80. The van der Waals surface area contributed by atoms with Gasteiger partial charge in [0.2, 0.25) is 5.91 Å². The molecule has 2 unspecified atom stereocenters. The van der Waals surface area contributed by atoms with E-state index in [1.807, 2.05) is 0 Å². The molecule has 2 rings (SSSR count). The fraction of sp³-hybridized carbons (Fsp3) is 0.450. The zero-order chi connectivity index (χ0) is 19.9. The predicted molar refractivity (Wildman–Crippen MR) is 97.7 cm³/mol. The lowest BCUT2D eigenvalue weighted by atomic mass is 9.85. The summed E-state index contributed by atoms with van der Waals surface area (Å²) in [5.41, 5.74) is 0.713. The molecule has 0 saturated heterocycles. The smallest absolute Gasteiger partial charge is 0.391 e. The minimum absolute atomic E-state index is 0.0633. The van der Waals surface area contributed by atoms with E-state index in [2.05, 4.69) is 11.9 Å². The standard InChI is InChI=1S/C20H24F3NO3/c1-3-11-27-17-9-7-14(12-18(17)26-2)8-10-19(25)24-16-6-4-5-15(13-16)20(21,22)23/h3,7-10,12,15-16H,1,4-6,11,13H2,2H3,(H,24,25)/b10-8+. The number of benzene rings is 1. The van der Waals surface area contributed by atoms with Gasteiger partial charge in [0.05, 0.1) is 13.0 Å². The Labute approximate surface area is 157 Å². The molecular formula is C20H24F3NO3. The highest BCUT2D eigenvalue weighted by Crippen LogP contribution is 2.37. The Morgan fingerprint density at radius 3 is 2.78 bits per heavy atom. The lowest BCUT2D eigenvalue weighted by molar-refractivity contribution is -0.184. The first kappa shape index (κ1) is 20.9. The zero-order valence-corrected chi connectivity index (χ0v) is 15.2. The molecule has 2 atom stereocenters. The molecule has 0 heterocycles. The maximum atomic E-state index is 12.8. The Morgan fingerprint density at radius 1 is 1.33 bits per heavy atom. The fourth-order valence-electron chi connectivity index (χ4n) is 3.10. The number of rotatable bonds is 7. The van der Waals surface area contributed by atoms with E-state index in [0.717, 1.165) is 0 Å². The van der Waals surface area contributed by atoms with Crippen molar-refractivity contribution in [2.75, 3.05) is 13.7 Å². The van der Waals surface area contributed by atoms with Crippen LogP contribution in [0.25, 0.3) is 6.08 Å². The minimum atomic E-state index is -4.20. The summed E-state index contributed by atoms with van der Waals surface area (Å²) in [5, 5.41) is 2.67. The number of hydrogen-bond acceptors (Lipinski definition) is 3. The molecule has 1 aliphatic carbocycles. The quantitative estimate of drug-likeness (QED) is 0.557. The van der Waals surface area contributed by atoms with Gasteiger partial charge in [0, 0.05) is 12.1 Å². The molecule has 0 aromatic heterocycles. The van der Waals surface area contributed by atoms with Crippen molar-refractivity contribution in [3.05, 3.63) is 42.5 Å². The van der Waals surface area contributed by atoms with E-state index >= 15 is 0 Å². The molecule has 0 radical (unpaired) electrons. The molecule has 7 heteroatoms. The maximum Gasteiger partial charge on any atom is 0.391 e. The molecule has 4 nitrogen and oxygen atoms in total. The summed E-state index contributed by atoms with van der Waals surface area (Å²) >= 11 is 0. The largest absolute Gasteiger partial charge is 0.493 e. The second-order valence-corrected chi connectivity index (χ2v) is 6.45. The molecule has 1 N–H and O–H groups in total. The lowest BCUT2D eigenvalue weighted by Gasteiger charge is -2.30. The average molecular weight is 383 g/mol. The van der Waals surface area contributed by atoms with Crippen LogP contribution in [-0.4, -0.2) is 31.8 Å². The van der Waals surface area contributed by atoms with Crippen molar-refractivity contribution in [2.45, 2.75) is 37.9 Å². The van der Waals surface area contributed by atoms with Gasteiger partial charge in [-0.05, 0) is 43.0 Å². The molecule has 1 aliphatic rings. The molecule has 0 bridgehead atoms. The molecule has 1 saturated carbocycles. The van der Waals surface area contributed by atoms with Gasteiger partial charge < -0.3 is 14.8 Å². The Balaban J connectivity index is 1.95. The van der Waals surface area contributed by atoms with E-state index in [1.165, 1.54) is 13.2 Å². The van der Waals surface area contributed by atoms with Gasteiger partial charge in [0.1, 0.15) is 6.61 Å². The van der Waals surface area contributed by atoms with E-state index in [-0.39, 0.29) is 12.8 Å². The van der Waals surface area contributed by atoms with Gasteiger partial charge in [0.25, 0.3) is 0 Å². The van der Waals surface area contributed by atoms with Crippen molar-refractivity contribution in [1.82, 2.24) is 5.32 Å². The number of nitrogens with one attached hydrogen (secondary N) is 1. The first-order chi connectivity index (χ1) is 12.8. The van der Waals surface area contributed by atoms with Gasteiger partial charge in [0.15, 0.2) is 11.5 Å². The Morgan fingerprint density at radius 2 is 2.11 bits per heavy atom. The van der Waals surface area contributed by atoms with Crippen LogP contribution in [0, 0.1) is 5.92 Å². The maximum absolute atomic E-state index is 12.8. The van der Waals surface area contributed by atoms with Crippen molar-refractivity contribution in [3.8, 4) is 11.5 Å². The Kier molecular flexibility index (Phi) is 7.33. The summed E-state index contributed by atoms with van der Waals surface area (Å²) in [5.74, 6) is -0.680. The monoisotopic (exact) mass is 383 g/mol.